The van der Waals surface area contributed by atoms with Crippen LogP contribution in [0.4, 0.5) is 4.39 Å². The molecule has 0 bridgehead atoms. The Morgan fingerprint density at radius 3 is 2.85 bits per heavy atom. The van der Waals surface area contributed by atoms with Gasteiger partial charge in [0.1, 0.15) is 5.82 Å². The Kier molecular flexibility index (Phi) is 5.33. The average molecular weight is 342 g/mol. The molecule has 0 N–H and O–H groups in total. The summed E-state index contributed by atoms with van der Waals surface area (Å²) in [5.41, 5.74) is 0.471. The minimum Gasteiger partial charge on any atom is -0.301 e. The molecule has 1 aliphatic heterocycles. The summed E-state index contributed by atoms with van der Waals surface area (Å²) >= 11 is 3.23. The highest BCUT2D eigenvalue weighted by molar-refractivity contribution is 9.10. The number of nitrogens with zero attached hydrogens (tertiary/aromatic N) is 1. The lowest BCUT2D eigenvalue weighted by atomic mass is 9.90. The monoisotopic (exact) mass is 341 g/mol. The second-order valence-electron chi connectivity index (χ2n) is 5.88. The highest BCUT2D eigenvalue weighted by atomic mass is 79.9. The Morgan fingerprint density at radius 1 is 1.45 bits per heavy atom. The first-order valence-corrected chi connectivity index (χ1v) is 7.98. The lowest BCUT2D eigenvalue weighted by Gasteiger charge is -2.35. The lowest BCUT2D eigenvalue weighted by Crippen LogP contribution is -2.40. The topological polar surface area (TPSA) is 20.3 Å². The Hall–Kier alpha value is -0.740. The highest BCUT2D eigenvalue weighted by Gasteiger charge is 2.24. The molecule has 1 saturated heterocycles. The fourth-order valence-electron chi connectivity index (χ4n) is 2.83. The third-order valence-electron chi connectivity index (χ3n) is 3.94. The van der Waals surface area contributed by atoms with Crippen molar-refractivity contribution in [3.05, 3.63) is 34.1 Å². The van der Waals surface area contributed by atoms with Crippen molar-refractivity contribution in [2.24, 2.45) is 5.92 Å². The molecule has 1 aliphatic rings. The normalized spacial score (nSPS) is 20.4. The molecule has 110 valence electrons. The van der Waals surface area contributed by atoms with Gasteiger partial charge in [-0.1, -0.05) is 15.9 Å². The van der Waals surface area contributed by atoms with Crippen molar-refractivity contribution in [2.75, 3.05) is 13.1 Å². The third kappa shape index (κ3) is 4.13. The molecule has 1 aromatic rings. The van der Waals surface area contributed by atoms with E-state index in [1.165, 1.54) is 12.1 Å². The summed E-state index contributed by atoms with van der Waals surface area (Å²) in [6, 6.07) is 4.93. The lowest BCUT2D eigenvalue weighted by molar-refractivity contribution is 0.0889. The van der Waals surface area contributed by atoms with Gasteiger partial charge in [0.2, 0.25) is 0 Å². The SMILES string of the molecule is CC(C)N1CCC[C@@H](CC(=O)c2cc(F)cc(Br)c2)C1. The van der Waals surface area contributed by atoms with Crippen LogP contribution >= 0.6 is 15.9 Å². The van der Waals surface area contributed by atoms with Gasteiger partial charge in [0.25, 0.3) is 0 Å². The molecular formula is C16H21BrFNO. The predicted octanol–water partition coefficient (Wildman–Crippen LogP) is 4.28. The standard InChI is InChI=1S/C16H21BrFNO/c1-11(2)19-5-3-4-12(10-19)6-16(20)13-7-14(17)9-15(18)8-13/h7-9,11-12H,3-6,10H2,1-2H3/t12-/m0/s1. The molecule has 0 amide bonds. The summed E-state index contributed by atoms with van der Waals surface area (Å²) in [4.78, 5) is 14.7. The summed E-state index contributed by atoms with van der Waals surface area (Å²) in [5, 5.41) is 0. The van der Waals surface area contributed by atoms with E-state index in [0.717, 1.165) is 25.9 Å². The van der Waals surface area contributed by atoms with Crippen LogP contribution in [0.1, 0.15) is 43.5 Å². The van der Waals surface area contributed by atoms with Crippen LogP contribution < -0.4 is 0 Å². The van der Waals surface area contributed by atoms with Crippen LogP contribution in [0.25, 0.3) is 0 Å². The van der Waals surface area contributed by atoms with E-state index in [-0.39, 0.29) is 11.6 Å². The second-order valence-corrected chi connectivity index (χ2v) is 6.80. The van der Waals surface area contributed by atoms with E-state index in [9.17, 15) is 9.18 Å². The van der Waals surface area contributed by atoms with Crippen LogP contribution in [0.3, 0.4) is 0 Å². The zero-order valence-corrected chi connectivity index (χ0v) is 13.6. The number of benzene rings is 1. The van der Waals surface area contributed by atoms with Gasteiger partial charge in [0.15, 0.2) is 5.78 Å². The fourth-order valence-corrected chi connectivity index (χ4v) is 3.29. The van der Waals surface area contributed by atoms with Crippen molar-refractivity contribution in [2.45, 2.75) is 39.2 Å². The smallest absolute Gasteiger partial charge is 0.163 e. The number of Topliss-reactive ketones (excluding diaryl/α,β-unsaturated/α-hetero) is 1. The molecule has 0 aliphatic carbocycles. The minimum absolute atomic E-state index is 0.0424. The molecule has 0 unspecified atom stereocenters. The maximum Gasteiger partial charge on any atom is 0.163 e. The van der Waals surface area contributed by atoms with Gasteiger partial charge in [-0.2, -0.15) is 0 Å². The molecule has 2 nitrogen and oxygen atoms in total. The van der Waals surface area contributed by atoms with E-state index in [0.29, 0.717) is 28.4 Å². The van der Waals surface area contributed by atoms with E-state index in [1.54, 1.807) is 6.07 Å². The molecule has 0 radical (unpaired) electrons. The van der Waals surface area contributed by atoms with E-state index in [2.05, 4.69) is 34.7 Å². The van der Waals surface area contributed by atoms with Crippen molar-refractivity contribution in [1.29, 1.82) is 0 Å². The van der Waals surface area contributed by atoms with Gasteiger partial charge in [0.05, 0.1) is 0 Å². The number of carbonyl (C=O) groups is 1. The van der Waals surface area contributed by atoms with Gasteiger partial charge in [-0.05, 0) is 57.4 Å². The van der Waals surface area contributed by atoms with Crippen molar-refractivity contribution in [1.82, 2.24) is 4.90 Å². The maximum absolute atomic E-state index is 13.3. The zero-order chi connectivity index (χ0) is 14.7. The van der Waals surface area contributed by atoms with Crippen molar-refractivity contribution < 1.29 is 9.18 Å². The van der Waals surface area contributed by atoms with Crippen molar-refractivity contribution >= 4 is 21.7 Å². The zero-order valence-electron chi connectivity index (χ0n) is 12.0. The van der Waals surface area contributed by atoms with Crippen LogP contribution in [0.15, 0.2) is 22.7 Å². The molecule has 1 aromatic carbocycles. The molecule has 4 heteroatoms. The van der Waals surface area contributed by atoms with E-state index in [4.69, 9.17) is 0 Å². The molecule has 0 spiro atoms. The molecule has 0 saturated carbocycles. The van der Waals surface area contributed by atoms with Crippen LogP contribution in [-0.4, -0.2) is 29.8 Å². The number of carbonyl (C=O) groups excluding carboxylic acids is 1. The molecule has 20 heavy (non-hydrogen) atoms. The van der Waals surface area contributed by atoms with Crippen LogP contribution in [-0.2, 0) is 0 Å². The quantitative estimate of drug-likeness (QED) is 0.761. The van der Waals surface area contributed by atoms with Crippen LogP contribution in [0, 0.1) is 11.7 Å². The first-order chi connectivity index (χ1) is 9.45. The molecule has 1 atom stereocenters. The highest BCUT2D eigenvalue weighted by Crippen LogP contribution is 2.24. The first kappa shape index (κ1) is 15.6. The average Bonchev–Trinajstić information content (AvgIpc) is 2.37. The molecular weight excluding hydrogens is 321 g/mol. The third-order valence-corrected chi connectivity index (χ3v) is 4.40. The number of likely N-dealkylation sites (tertiary alicyclic amines) is 1. The minimum atomic E-state index is -0.366. The van der Waals surface area contributed by atoms with Gasteiger partial charge in [-0.15, -0.1) is 0 Å². The molecule has 1 heterocycles. The molecule has 0 aromatic heterocycles. The Labute approximate surface area is 128 Å². The summed E-state index contributed by atoms with van der Waals surface area (Å²) in [7, 11) is 0. The number of ketones is 1. The van der Waals surface area contributed by atoms with E-state index >= 15 is 0 Å². The Balaban J connectivity index is 2.00. The summed E-state index contributed by atoms with van der Waals surface area (Å²) in [6.45, 7) is 6.47. The van der Waals surface area contributed by atoms with E-state index in [1.807, 2.05) is 0 Å². The van der Waals surface area contributed by atoms with E-state index < -0.39 is 0 Å². The first-order valence-electron chi connectivity index (χ1n) is 7.19. The Morgan fingerprint density at radius 2 is 2.20 bits per heavy atom. The summed E-state index contributed by atoms with van der Waals surface area (Å²) in [5.74, 6) is 0.0664. The molecule has 1 fully saturated rings. The fraction of sp³-hybridized carbons (Fsp3) is 0.562. The van der Waals surface area contributed by atoms with Crippen LogP contribution in [0.5, 0.6) is 0 Å². The van der Waals surface area contributed by atoms with Gasteiger partial charge in [-0.25, -0.2) is 4.39 Å². The molecule has 2 rings (SSSR count). The van der Waals surface area contributed by atoms with Gasteiger partial charge in [0, 0.05) is 29.0 Å². The number of piperidine rings is 1. The summed E-state index contributed by atoms with van der Waals surface area (Å²) in [6.07, 6.45) is 2.74. The number of hydrogen-bond acceptors (Lipinski definition) is 2. The van der Waals surface area contributed by atoms with Crippen molar-refractivity contribution in [3.8, 4) is 0 Å². The Bertz CT molecular complexity index is 469. The second kappa shape index (κ2) is 6.81. The number of halogens is 2. The number of hydrogen-bond donors (Lipinski definition) is 0. The van der Waals surface area contributed by atoms with Crippen LogP contribution in [0.2, 0.25) is 0 Å². The largest absolute Gasteiger partial charge is 0.301 e. The predicted molar refractivity (Wildman–Crippen MR) is 82.5 cm³/mol. The van der Waals surface area contributed by atoms with Gasteiger partial charge in [-0.3, -0.25) is 4.79 Å². The maximum atomic E-state index is 13.3. The van der Waals surface area contributed by atoms with Gasteiger partial charge < -0.3 is 4.90 Å². The van der Waals surface area contributed by atoms with Crippen molar-refractivity contribution in [3.63, 3.8) is 0 Å². The summed E-state index contributed by atoms with van der Waals surface area (Å²) < 4.78 is 14.0. The van der Waals surface area contributed by atoms with Gasteiger partial charge >= 0.3 is 0 Å². The number of rotatable bonds is 4.